The highest BCUT2D eigenvalue weighted by Gasteiger charge is 2.13. The van der Waals surface area contributed by atoms with Gasteiger partial charge in [0.2, 0.25) is 0 Å². The minimum absolute atomic E-state index is 0.000452. The van der Waals surface area contributed by atoms with E-state index in [4.69, 9.17) is 15.6 Å². The van der Waals surface area contributed by atoms with E-state index in [9.17, 15) is 9.59 Å². The number of nitrogens with zero attached hydrogens (tertiary/aromatic N) is 1. The lowest BCUT2D eigenvalue weighted by Gasteiger charge is -2.22. The lowest BCUT2D eigenvalue weighted by Crippen LogP contribution is -2.44. The number of ether oxygens (including phenoxy) is 1. The molecule has 0 spiro atoms. The summed E-state index contributed by atoms with van der Waals surface area (Å²) in [7, 11) is 3.44. The monoisotopic (exact) mass is 594 g/mol. The van der Waals surface area contributed by atoms with Crippen molar-refractivity contribution in [3.63, 3.8) is 0 Å². The molecule has 0 unspecified atom stereocenters. The van der Waals surface area contributed by atoms with Crippen molar-refractivity contribution < 1.29 is 14.3 Å². The predicted octanol–water partition coefficient (Wildman–Crippen LogP) is 4.64. The topological polar surface area (TPSA) is 154 Å². The fourth-order valence-electron chi connectivity index (χ4n) is 4.73. The highest BCUT2D eigenvalue weighted by molar-refractivity contribution is 5.94. The molecule has 0 atom stereocenters. The second kappa shape index (κ2) is 20.7. The Morgan fingerprint density at radius 2 is 1.60 bits per heavy atom. The fraction of sp³-hybridized carbons (Fsp3) is 0.500. The van der Waals surface area contributed by atoms with Gasteiger partial charge >= 0.3 is 12.1 Å². The average molecular weight is 595 g/mol. The van der Waals surface area contributed by atoms with Gasteiger partial charge < -0.3 is 25.6 Å². The largest absolute Gasteiger partial charge is 0.489 e. The average Bonchev–Trinajstić information content (AvgIpc) is 3.00. The van der Waals surface area contributed by atoms with Crippen LogP contribution in [0.4, 0.5) is 9.59 Å². The summed E-state index contributed by atoms with van der Waals surface area (Å²) in [4.78, 5) is 25.6. The number of nitrogens with one attached hydrogen (secondary N) is 7. The van der Waals surface area contributed by atoms with Crippen LogP contribution in [0, 0.1) is 17.7 Å². The van der Waals surface area contributed by atoms with E-state index in [1.165, 1.54) is 12.6 Å². The number of carbonyl (C=O) groups excluding carboxylic acids is 2. The van der Waals surface area contributed by atoms with Crippen LogP contribution in [-0.2, 0) is 19.6 Å². The number of benzene rings is 2. The Labute approximate surface area is 256 Å². The SMILES string of the molecule is CNCc1ccc(C)cc1OCc1ccccc1CCCN(CCCCCCCCNC(=N)NC(=O)NC)C(=O)NC=N. The van der Waals surface area contributed by atoms with Gasteiger partial charge in [-0.05, 0) is 62.4 Å². The summed E-state index contributed by atoms with van der Waals surface area (Å²) in [5, 5.41) is 28.3. The molecule has 0 radical (unpaired) electrons. The summed E-state index contributed by atoms with van der Waals surface area (Å²) >= 11 is 0. The van der Waals surface area contributed by atoms with Crippen LogP contribution in [0.15, 0.2) is 42.5 Å². The summed E-state index contributed by atoms with van der Waals surface area (Å²) in [6, 6.07) is 13.9. The van der Waals surface area contributed by atoms with Crippen molar-refractivity contribution in [1.29, 1.82) is 10.8 Å². The Morgan fingerprint density at radius 3 is 2.33 bits per heavy atom. The molecule has 0 aliphatic heterocycles. The van der Waals surface area contributed by atoms with E-state index in [1.807, 2.05) is 19.2 Å². The Morgan fingerprint density at radius 1 is 0.907 bits per heavy atom. The molecular formula is C32H50N8O3. The second-order valence-corrected chi connectivity index (χ2v) is 10.5. The zero-order chi connectivity index (χ0) is 31.3. The highest BCUT2D eigenvalue weighted by atomic mass is 16.5. The summed E-state index contributed by atoms with van der Waals surface area (Å²) in [5.41, 5.74) is 4.65. The van der Waals surface area contributed by atoms with Gasteiger partial charge in [-0.1, -0.05) is 62.1 Å². The van der Waals surface area contributed by atoms with Gasteiger partial charge in [-0.2, -0.15) is 0 Å². The molecule has 0 fully saturated rings. The molecule has 2 aromatic carbocycles. The second-order valence-electron chi connectivity index (χ2n) is 10.5. The normalized spacial score (nSPS) is 10.5. The molecule has 0 heterocycles. The van der Waals surface area contributed by atoms with E-state index in [2.05, 4.69) is 63.8 Å². The van der Waals surface area contributed by atoms with Gasteiger partial charge in [-0.3, -0.25) is 21.5 Å². The van der Waals surface area contributed by atoms with E-state index < -0.39 is 6.03 Å². The van der Waals surface area contributed by atoms with Gasteiger partial charge in [0.1, 0.15) is 12.4 Å². The van der Waals surface area contributed by atoms with Crippen molar-refractivity contribution in [2.75, 3.05) is 33.7 Å². The maximum absolute atomic E-state index is 12.6. The first-order chi connectivity index (χ1) is 20.9. The lowest BCUT2D eigenvalue weighted by molar-refractivity contribution is 0.201. The summed E-state index contributed by atoms with van der Waals surface area (Å²) in [5.74, 6) is 0.895. The molecule has 43 heavy (non-hydrogen) atoms. The maximum Gasteiger partial charge on any atom is 0.322 e. The molecule has 0 aromatic heterocycles. The number of amides is 4. The Bertz CT molecular complexity index is 1160. The molecular weight excluding hydrogens is 544 g/mol. The number of hydrogen-bond donors (Lipinski definition) is 7. The van der Waals surface area contributed by atoms with Crippen LogP contribution < -0.4 is 31.3 Å². The predicted molar refractivity (Wildman–Crippen MR) is 173 cm³/mol. The van der Waals surface area contributed by atoms with Crippen LogP contribution in [0.1, 0.15) is 67.2 Å². The van der Waals surface area contributed by atoms with Crippen molar-refractivity contribution in [3.8, 4) is 5.75 Å². The smallest absolute Gasteiger partial charge is 0.322 e. The first-order valence-corrected chi connectivity index (χ1v) is 15.2. The molecule has 0 aliphatic rings. The molecule has 0 saturated carbocycles. The molecule has 7 N–H and O–H groups in total. The molecule has 0 saturated heterocycles. The number of rotatable bonds is 19. The van der Waals surface area contributed by atoms with E-state index >= 15 is 0 Å². The van der Waals surface area contributed by atoms with Crippen LogP contribution in [-0.4, -0.2) is 63.0 Å². The van der Waals surface area contributed by atoms with E-state index in [-0.39, 0.29) is 12.0 Å². The molecule has 2 rings (SSSR count). The van der Waals surface area contributed by atoms with Crippen LogP contribution in [0.3, 0.4) is 0 Å². The lowest BCUT2D eigenvalue weighted by atomic mass is 10.0. The van der Waals surface area contributed by atoms with Crippen LogP contribution in [0.25, 0.3) is 0 Å². The third-order valence-corrected chi connectivity index (χ3v) is 7.07. The minimum Gasteiger partial charge on any atom is -0.489 e. The number of unbranched alkanes of at least 4 members (excludes halogenated alkanes) is 5. The van der Waals surface area contributed by atoms with Crippen molar-refractivity contribution in [2.24, 2.45) is 0 Å². The molecule has 11 nitrogen and oxygen atoms in total. The first kappa shape index (κ1) is 35.1. The van der Waals surface area contributed by atoms with Crippen LogP contribution in [0.2, 0.25) is 0 Å². The van der Waals surface area contributed by atoms with Crippen LogP contribution in [0.5, 0.6) is 5.75 Å². The molecule has 11 heteroatoms. The van der Waals surface area contributed by atoms with E-state index in [0.717, 1.165) is 86.7 Å². The third-order valence-electron chi connectivity index (χ3n) is 7.07. The number of aryl methyl sites for hydroxylation is 2. The Kier molecular flexibility index (Phi) is 16.9. The van der Waals surface area contributed by atoms with Crippen LogP contribution >= 0.6 is 0 Å². The van der Waals surface area contributed by atoms with E-state index in [1.54, 1.807) is 4.90 Å². The fourth-order valence-corrected chi connectivity index (χ4v) is 4.73. The third kappa shape index (κ3) is 14.1. The zero-order valence-corrected chi connectivity index (χ0v) is 26.0. The van der Waals surface area contributed by atoms with Gasteiger partial charge in [0.15, 0.2) is 5.96 Å². The van der Waals surface area contributed by atoms with Crippen molar-refractivity contribution in [1.82, 2.24) is 31.5 Å². The van der Waals surface area contributed by atoms with Crippen molar-refractivity contribution in [3.05, 3.63) is 64.7 Å². The molecule has 0 bridgehead atoms. The number of urea groups is 2. The summed E-state index contributed by atoms with van der Waals surface area (Å²) in [6.07, 6.45) is 8.59. The quantitative estimate of drug-likeness (QED) is 0.0717. The van der Waals surface area contributed by atoms with Crippen molar-refractivity contribution in [2.45, 2.75) is 71.4 Å². The Hall–Kier alpha value is -4.12. The minimum atomic E-state index is -0.409. The van der Waals surface area contributed by atoms with Gasteiger partial charge in [0.05, 0.1) is 6.34 Å². The molecule has 236 valence electrons. The molecule has 0 aliphatic carbocycles. The Balaban J connectivity index is 1.75. The van der Waals surface area contributed by atoms with Gasteiger partial charge in [-0.25, -0.2) is 9.59 Å². The van der Waals surface area contributed by atoms with Gasteiger partial charge in [-0.15, -0.1) is 0 Å². The maximum atomic E-state index is 12.6. The number of carbonyl (C=O) groups is 2. The van der Waals surface area contributed by atoms with Crippen molar-refractivity contribution >= 4 is 24.4 Å². The first-order valence-electron chi connectivity index (χ1n) is 15.2. The number of hydrogen-bond acceptors (Lipinski definition) is 6. The van der Waals surface area contributed by atoms with Gasteiger partial charge in [0.25, 0.3) is 0 Å². The standard InChI is InChI=1S/C32H50N8O3/c1-25-16-17-27(22-35-2)29(21-25)43-23-28-14-9-8-13-26(28)15-12-20-40(32(42)38-24-33)19-11-7-5-4-6-10-18-37-30(34)39-31(41)36-3/h8-9,13-14,16-17,21,24,35H,4-7,10-12,15,18-20,22-23H2,1-3H3,(H2,33,38,42)(H4,34,36,37,39,41). The summed E-state index contributed by atoms with van der Waals surface area (Å²) in [6.45, 7) is 5.19. The molecule has 4 amide bonds. The highest BCUT2D eigenvalue weighted by Crippen LogP contribution is 2.23. The zero-order valence-electron chi connectivity index (χ0n) is 26.0. The van der Waals surface area contributed by atoms with E-state index in [0.29, 0.717) is 26.2 Å². The molecule has 2 aromatic rings. The van der Waals surface area contributed by atoms with Gasteiger partial charge in [0, 0.05) is 38.8 Å². The summed E-state index contributed by atoms with van der Waals surface area (Å²) < 4.78 is 6.26. The number of guanidine groups is 1.